The molecule has 0 aliphatic heterocycles. The third kappa shape index (κ3) is 4.47. The van der Waals surface area contributed by atoms with Crippen molar-refractivity contribution < 1.29 is 9.53 Å². The van der Waals surface area contributed by atoms with Crippen molar-refractivity contribution in [3.05, 3.63) is 33.3 Å². The molecule has 1 unspecified atom stereocenters. The molecule has 6 heteroatoms. The summed E-state index contributed by atoms with van der Waals surface area (Å²) < 4.78 is 5.63. The van der Waals surface area contributed by atoms with Crippen LogP contribution in [0.15, 0.2) is 22.7 Å². The van der Waals surface area contributed by atoms with Gasteiger partial charge in [-0.25, -0.2) is 0 Å². The lowest BCUT2D eigenvalue weighted by Crippen LogP contribution is -2.39. The van der Waals surface area contributed by atoms with E-state index in [-0.39, 0.29) is 17.8 Å². The van der Waals surface area contributed by atoms with Gasteiger partial charge in [0.25, 0.3) is 5.91 Å². The van der Waals surface area contributed by atoms with Crippen LogP contribution in [-0.4, -0.2) is 31.5 Å². The van der Waals surface area contributed by atoms with Gasteiger partial charge in [-0.1, -0.05) is 11.6 Å². The molecule has 17 heavy (non-hydrogen) atoms. The van der Waals surface area contributed by atoms with Gasteiger partial charge in [0.2, 0.25) is 0 Å². The summed E-state index contributed by atoms with van der Waals surface area (Å²) in [6.45, 7) is 0.368. The molecule has 0 aliphatic carbocycles. The van der Waals surface area contributed by atoms with E-state index in [9.17, 15) is 4.79 Å². The number of alkyl halides is 1. The van der Waals surface area contributed by atoms with Crippen LogP contribution in [0.4, 0.5) is 0 Å². The van der Waals surface area contributed by atoms with Gasteiger partial charge in [-0.2, -0.15) is 0 Å². The van der Waals surface area contributed by atoms with E-state index < -0.39 is 0 Å². The molecule has 0 heterocycles. The third-order valence-electron chi connectivity index (χ3n) is 2.06. The molecule has 0 saturated carbocycles. The highest BCUT2D eigenvalue weighted by molar-refractivity contribution is 9.10. The lowest BCUT2D eigenvalue weighted by Gasteiger charge is -2.15. The van der Waals surface area contributed by atoms with Crippen molar-refractivity contribution in [2.24, 2.45) is 0 Å². The van der Waals surface area contributed by atoms with E-state index in [1.807, 2.05) is 0 Å². The van der Waals surface area contributed by atoms with Gasteiger partial charge < -0.3 is 10.1 Å². The number of halogens is 3. The van der Waals surface area contributed by atoms with Crippen molar-refractivity contribution in [3.63, 3.8) is 0 Å². The van der Waals surface area contributed by atoms with Crippen LogP contribution in [0.3, 0.4) is 0 Å². The van der Waals surface area contributed by atoms with E-state index in [1.54, 1.807) is 25.3 Å². The van der Waals surface area contributed by atoms with Gasteiger partial charge in [0.15, 0.2) is 0 Å². The molecule has 1 rings (SSSR count). The second-order valence-corrected chi connectivity index (χ2v) is 5.00. The maximum atomic E-state index is 11.9. The quantitative estimate of drug-likeness (QED) is 0.836. The molecule has 3 nitrogen and oxygen atoms in total. The maximum Gasteiger partial charge on any atom is 0.252 e. The first-order chi connectivity index (χ1) is 8.08. The number of rotatable bonds is 5. The zero-order chi connectivity index (χ0) is 12.8. The molecule has 1 atom stereocenters. The number of carbonyl (C=O) groups is 1. The summed E-state index contributed by atoms with van der Waals surface area (Å²) in [5.41, 5.74) is 0.476. The monoisotopic (exact) mass is 339 g/mol. The normalized spacial score (nSPS) is 12.2. The highest BCUT2D eigenvalue weighted by Gasteiger charge is 2.15. The van der Waals surface area contributed by atoms with E-state index >= 15 is 0 Å². The van der Waals surface area contributed by atoms with Crippen LogP contribution in [0.25, 0.3) is 0 Å². The summed E-state index contributed by atoms with van der Waals surface area (Å²) in [6.07, 6.45) is 0. The van der Waals surface area contributed by atoms with Gasteiger partial charge in [-0.05, 0) is 34.1 Å². The Kier molecular flexibility index (Phi) is 6.27. The van der Waals surface area contributed by atoms with Crippen LogP contribution in [0.1, 0.15) is 10.4 Å². The van der Waals surface area contributed by atoms with E-state index in [2.05, 4.69) is 21.2 Å². The first kappa shape index (κ1) is 14.8. The van der Waals surface area contributed by atoms with Crippen molar-refractivity contribution in [3.8, 4) is 0 Å². The minimum Gasteiger partial charge on any atom is -0.383 e. The molecule has 0 saturated heterocycles. The fourth-order valence-corrected chi connectivity index (χ4v) is 2.03. The van der Waals surface area contributed by atoms with Gasteiger partial charge in [-0.15, -0.1) is 11.6 Å². The average Bonchev–Trinajstić information content (AvgIpc) is 2.31. The highest BCUT2D eigenvalue weighted by atomic mass is 79.9. The summed E-state index contributed by atoms with van der Waals surface area (Å²) in [7, 11) is 1.56. The summed E-state index contributed by atoms with van der Waals surface area (Å²) in [5, 5.41) is 3.27. The summed E-state index contributed by atoms with van der Waals surface area (Å²) >= 11 is 14.9. The number of benzene rings is 1. The molecule has 0 fully saturated rings. The van der Waals surface area contributed by atoms with Crippen LogP contribution < -0.4 is 5.32 Å². The topological polar surface area (TPSA) is 38.3 Å². The second-order valence-electron chi connectivity index (χ2n) is 3.40. The standard InChI is InChI=1S/C11H12BrCl2NO2/c1-17-6-8(5-13)15-11(16)9-4-7(14)2-3-10(9)12/h2-4,8H,5-6H2,1H3,(H,15,16). The Hall–Kier alpha value is -0.290. The maximum absolute atomic E-state index is 11.9. The molecular weight excluding hydrogens is 329 g/mol. The van der Waals surface area contributed by atoms with Crippen LogP contribution in [0, 0.1) is 0 Å². The second kappa shape index (κ2) is 7.21. The number of carbonyl (C=O) groups excluding carboxylic acids is 1. The zero-order valence-electron chi connectivity index (χ0n) is 9.17. The van der Waals surface area contributed by atoms with Crippen LogP contribution >= 0.6 is 39.1 Å². The molecule has 0 aliphatic rings. The minimum absolute atomic E-state index is 0.222. The molecular formula is C11H12BrCl2NO2. The third-order valence-corrected chi connectivity index (χ3v) is 3.36. The van der Waals surface area contributed by atoms with Gasteiger partial charge in [-0.3, -0.25) is 4.79 Å². The Morgan fingerprint density at radius 2 is 2.29 bits per heavy atom. The zero-order valence-corrected chi connectivity index (χ0v) is 12.3. The van der Waals surface area contributed by atoms with Gasteiger partial charge in [0.1, 0.15) is 0 Å². The Labute approximate surface area is 119 Å². The lowest BCUT2D eigenvalue weighted by molar-refractivity contribution is 0.0906. The van der Waals surface area contributed by atoms with Crippen LogP contribution in [0.2, 0.25) is 5.02 Å². The highest BCUT2D eigenvalue weighted by Crippen LogP contribution is 2.21. The molecule has 1 aromatic carbocycles. The largest absolute Gasteiger partial charge is 0.383 e. The predicted molar refractivity (Wildman–Crippen MR) is 73.0 cm³/mol. The Balaban J connectivity index is 2.78. The van der Waals surface area contributed by atoms with E-state index in [4.69, 9.17) is 27.9 Å². The fourth-order valence-electron chi connectivity index (χ4n) is 1.26. The molecule has 1 N–H and O–H groups in total. The van der Waals surface area contributed by atoms with Gasteiger partial charge >= 0.3 is 0 Å². The van der Waals surface area contributed by atoms with Gasteiger partial charge in [0.05, 0.1) is 18.2 Å². The van der Waals surface area contributed by atoms with E-state index in [0.717, 1.165) is 0 Å². The van der Waals surface area contributed by atoms with Crippen LogP contribution in [-0.2, 0) is 4.74 Å². The summed E-state index contributed by atoms with van der Waals surface area (Å²) in [5.74, 6) is 0.0553. The summed E-state index contributed by atoms with van der Waals surface area (Å²) in [6, 6.07) is 4.80. The van der Waals surface area contributed by atoms with Crippen LogP contribution in [0.5, 0.6) is 0 Å². The number of hydrogen-bond acceptors (Lipinski definition) is 2. The van der Waals surface area contributed by atoms with Crippen molar-refractivity contribution >= 4 is 45.0 Å². The first-order valence-corrected chi connectivity index (χ1v) is 6.59. The first-order valence-electron chi connectivity index (χ1n) is 4.89. The average molecular weight is 341 g/mol. The number of nitrogens with one attached hydrogen (secondary N) is 1. The Bertz CT molecular complexity index is 401. The molecule has 0 bridgehead atoms. The molecule has 1 aromatic rings. The molecule has 0 aromatic heterocycles. The number of hydrogen-bond donors (Lipinski definition) is 1. The minimum atomic E-state index is -0.234. The van der Waals surface area contributed by atoms with Crippen molar-refractivity contribution in [1.29, 1.82) is 0 Å². The van der Waals surface area contributed by atoms with E-state index in [0.29, 0.717) is 21.7 Å². The van der Waals surface area contributed by atoms with Crippen molar-refractivity contribution in [2.45, 2.75) is 6.04 Å². The van der Waals surface area contributed by atoms with Gasteiger partial charge in [0, 0.05) is 22.5 Å². The number of amides is 1. The number of methoxy groups -OCH3 is 1. The SMILES string of the molecule is COCC(CCl)NC(=O)c1cc(Cl)ccc1Br. The Morgan fingerprint density at radius 3 is 2.88 bits per heavy atom. The predicted octanol–water partition coefficient (Wildman–Crippen LogP) is 3.09. The Morgan fingerprint density at radius 1 is 1.59 bits per heavy atom. The van der Waals surface area contributed by atoms with Crippen molar-refractivity contribution in [1.82, 2.24) is 5.32 Å². The smallest absolute Gasteiger partial charge is 0.252 e. The van der Waals surface area contributed by atoms with E-state index in [1.165, 1.54) is 0 Å². The molecule has 1 amide bonds. The lowest BCUT2D eigenvalue weighted by atomic mass is 10.2. The molecule has 0 radical (unpaired) electrons. The molecule has 94 valence electrons. The fraction of sp³-hybridized carbons (Fsp3) is 0.364. The number of ether oxygens (including phenoxy) is 1. The summed E-state index contributed by atoms with van der Waals surface area (Å²) in [4.78, 5) is 11.9. The van der Waals surface area contributed by atoms with Crippen molar-refractivity contribution in [2.75, 3.05) is 19.6 Å². The molecule has 0 spiro atoms.